The number of anilines is 1. The Morgan fingerprint density at radius 2 is 1.49 bits per heavy atom. The molecular weight excluding hydrogens is 690 g/mol. The van der Waals surface area contributed by atoms with Crippen molar-refractivity contribution in [3.63, 3.8) is 0 Å². The summed E-state index contributed by atoms with van der Waals surface area (Å²) in [5.41, 5.74) is 2.67. The van der Waals surface area contributed by atoms with Crippen LogP contribution in [0.1, 0.15) is 42.4 Å². The quantitative estimate of drug-likeness (QED) is 0.147. The van der Waals surface area contributed by atoms with E-state index < -0.39 is 28.5 Å². The van der Waals surface area contributed by atoms with E-state index in [1.54, 1.807) is 6.07 Å². The molecule has 0 aromatic heterocycles. The van der Waals surface area contributed by atoms with Gasteiger partial charge in [-0.3, -0.25) is 13.9 Å². The fourth-order valence-electron chi connectivity index (χ4n) is 6.37. The molecule has 12 heteroatoms. The number of benzene rings is 4. The third kappa shape index (κ3) is 8.95. The number of methoxy groups -OCH3 is 3. The van der Waals surface area contributed by atoms with Crippen LogP contribution < -0.4 is 23.8 Å². The van der Waals surface area contributed by atoms with Crippen molar-refractivity contribution in [2.24, 2.45) is 0 Å². The minimum absolute atomic E-state index is 0.00355. The Hall–Kier alpha value is -4.74. The molecule has 0 saturated heterocycles. The SMILES string of the molecule is COc1ccc(S(=O)(=O)N(CC(=O)N(Cc2ccccc2C)[C@@H](Cc2ccccc2)C(=O)NC2CCCC2)c2cc(Cl)ccc2OC)cc1OC. The van der Waals surface area contributed by atoms with Crippen LogP contribution in [0.5, 0.6) is 17.2 Å². The van der Waals surface area contributed by atoms with Crippen molar-refractivity contribution < 1.29 is 32.2 Å². The molecular formula is C39H44ClN3O7S. The number of halogens is 1. The standard InChI is InChI=1S/C39H44ClN3O7S/c1-27-12-8-9-15-29(27)25-42(34(22-28-13-6-5-7-14-28)39(45)41-31-16-10-11-17-31)38(44)26-43(33-23-30(40)18-20-35(33)48-2)51(46,47)32-19-21-36(49-3)37(24-32)50-4/h5-9,12-15,18-21,23-24,31,34H,10-11,16-17,22,25-26H2,1-4H3,(H,41,45)/t34-/m0/s1. The van der Waals surface area contributed by atoms with Crippen molar-refractivity contribution in [1.82, 2.24) is 10.2 Å². The topological polar surface area (TPSA) is 114 Å². The first-order valence-corrected chi connectivity index (χ1v) is 18.6. The number of carbonyl (C=O) groups is 2. The number of rotatable bonds is 15. The van der Waals surface area contributed by atoms with Gasteiger partial charge in [0.1, 0.15) is 18.3 Å². The zero-order valence-corrected chi connectivity index (χ0v) is 30.9. The minimum atomic E-state index is -4.48. The van der Waals surface area contributed by atoms with E-state index in [2.05, 4.69) is 5.32 Å². The number of sulfonamides is 1. The van der Waals surface area contributed by atoms with E-state index in [-0.39, 0.29) is 52.0 Å². The average molecular weight is 734 g/mol. The number of carbonyl (C=O) groups excluding carboxylic acids is 2. The van der Waals surface area contributed by atoms with Gasteiger partial charge in [0.15, 0.2) is 11.5 Å². The van der Waals surface area contributed by atoms with Gasteiger partial charge in [0, 0.05) is 30.1 Å². The normalized spacial score (nSPS) is 13.7. The molecule has 1 aliphatic carbocycles. The highest BCUT2D eigenvalue weighted by atomic mass is 35.5. The Bertz CT molecular complexity index is 1930. The largest absolute Gasteiger partial charge is 0.495 e. The number of nitrogens with zero attached hydrogens (tertiary/aromatic N) is 2. The lowest BCUT2D eigenvalue weighted by Gasteiger charge is -2.35. The highest BCUT2D eigenvalue weighted by Gasteiger charge is 2.37. The second-order valence-electron chi connectivity index (χ2n) is 12.5. The van der Waals surface area contributed by atoms with Crippen molar-refractivity contribution in [2.75, 3.05) is 32.2 Å². The van der Waals surface area contributed by atoms with Gasteiger partial charge in [-0.1, -0.05) is 79.0 Å². The van der Waals surface area contributed by atoms with Gasteiger partial charge < -0.3 is 24.4 Å². The lowest BCUT2D eigenvalue weighted by Crippen LogP contribution is -2.54. The zero-order valence-electron chi connectivity index (χ0n) is 29.3. The summed E-state index contributed by atoms with van der Waals surface area (Å²) in [5.74, 6) is -0.174. The molecule has 4 aromatic rings. The Kier molecular flexibility index (Phi) is 12.5. The molecule has 1 fully saturated rings. The molecule has 0 heterocycles. The van der Waals surface area contributed by atoms with E-state index in [0.29, 0.717) is 5.75 Å². The fourth-order valence-corrected chi connectivity index (χ4v) is 7.97. The molecule has 1 aliphatic rings. The van der Waals surface area contributed by atoms with E-state index in [1.165, 1.54) is 56.6 Å². The Balaban J connectivity index is 1.63. The molecule has 1 N–H and O–H groups in total. The Morgan fingerprint density at radius 3 is 2.16 bits per heavy atom. The third-order valence-electron chi connectivity index (χ3n) is 9.21. The molecule has 270 valence electrons. The molecule has 4 aromatic carbocycles. The van der Waals surface area contributed by atoms with Gasteiger partial charge in [0.2, 0.25) is 11.8 Å². The number of hydrogen-bond acceptors (Lipinski definition) is 7. The molecule has 0 aliphatic heterocycles. The first-order valence-electron chi connectivity index (χ1n) is 16.8. The molecule has 0 unspecified atom stereocenters. The maximum atomic E-state index is 14.9. The number of ether oxygens (including phenoxy) is 3. The lowest BCUT2D eigenvalue weighted by molar-refractivity contribution is -0.140. The molecule has 0 bridgehead atoms. The van der Waals surface area contributed by atoms with Gasteiger partial charge >= 0.3 is 0 Å². The zero-order chi connectivity index (χ0) is 36.5. The summed E-state index contributed by atoms with van der Waals surface area (Å²) < 4.78 is 46.6. The maximum Gasteiger partial charge on any atom is 0.265 e. The summed E-state index contributed by atoms with van der Waals surface area (Å²) in [4.78, 5) is 30.5. The van der Waals surface area contributed by atoms with Crippen LogP contribution in [0.3, 0.4) is 0 Å². The molecule has 1 atom stereocenters. The fraction of sp³-hybridized carbons (Fsp3) is 0.333. The van der Waals surface area contributed by atoms with Crippen LogP contribution in [0.2, 0.25) is 5.02 Å². The van der Waals surface area contributed by atoms with E-state index >= 15 is 0 Å². The summed E-state index contributed by atoms with van der Waals surface area (Å²) >= 11 is 6.43. The number of hydrogen-bond donors (Lipinski definition) is 1. The molecule has 51 heavy (non-hydrogen) atoms. The highest BCUT2D eigenvalue weighted by Crippen LogP contribution is 2.37. The van der Waals surface area contributed by atoms with Crippen molar-refractivity contribution in [3.05, 3.63) is 113 Å². The van der Waals surface area contributed by atoms with Gasteiger partial charge in [-0.15, -0.1) is 0 Å². The summed E-state index contributed by atoms with van der Waals surface area (Å²) in [6.45, 7) is 1.34. The van der Waals surface area contributed by atoms with Crippen molar-refractivity contribution >= 4 is 39.1 Å². The summed E-state index contributed by atoms with van der Waals surface area (Å²) in [5, 5.41) is 3.43. The van der Waals surface area contributed by atoms with Gasteiger partial charge in [-0.05, 0) is 66.8 Å². The average Bonchev–Trinajstić information content (AvgIpc) is 3.65. The van der Waals surface area contributed by atoms with Crippen molar-refractivity contribution in [3.8, 4) is 17.2 Å². The molecule has 0 spiro atoms. The van der Waals surface area contributed by atoms with Crippen molar-refractivity contribution in [2.45, 2.75) is 62.6 Å². The summed E-state index contributed by atoms with van der Waals surface area (Å²) in [7, 11) is -0.222. The lowest BCUT2D eigenvalue weighted by atomic mass is 10.0. The van der Waals surface area contributed by atoms with E-state index in [0.717, 1.165) is 46.7 Å². The van der Waals surface area contributed by atoms with Gasteiger partial charge in [-0.2, -0.15) is 0 Å². The third-order valence-corrected chi connectivity index (χ3v) is 11.2. The predicted octanol–water partition coefficient (Wildman–Crippen LogP) is 6.57. The van der Waals surface area contributed by atoms with Crippen LogP contribution in [-0.2, 0) is 32.6 Å². The Morgan fingerprint density at radius 1 is 0.843 bits per heavy atom. The Labute approximate surface area is 305 Å². The van der Waals surface area contributed by atoms with Crippen LogP contribution >= 0.6 is 11.6 Å². The molecule has 2 amide bonds. The van der Waals surface area contributed by atoms with Crippen LogP contribution in [-0.4, -0.2) is 65.1 Å². The van der Waals surface area contributed by atoms with Crippen LogP contribution in [0.4, 0.5) is 5.69 Å². The van der Waals surface area contributed by atoms with Gasteiger partial charge in [0.05, 0.1) is 31.9 Å². The first-order chi connectivity index (χ1) is 24.5. The second-order valence-corrected chi connectivity index (χ2v) is 14.8. The van der Waals surface area contributed by atoms with Crippen molar-refractivity contribution in [1.29, 1.82) is 0 Å². The second kappa shape index (κ2) is 17.0. The van der Waals surface area contributed by atoms with E-state index in [1.807, 2.05) is 61.5 Å². The maximum absolute atomic E-state index is 14.9. The summed E-state index contributed by atoms with van der Waals surface area (Å²) in [6.07, 6.45) is 3.98. The van der Waals surface area contributed by atoms with Crippen LogP contribution in [0, 0.1) is 6.92 Å². The van der Waals surface area contributed by atoms with Crippen LogP contribution in [0.25, 0.3) is 0 Å². The van der Waals surface area contributed by atoms with Gasteiger partial charge in [0.25, 0.3) is 10.0 Å². The number of amides is 2. The van der Waals surface area contributed by atoms with Crippen LogP contribution in [0.15, 0.2) is 95.9 Å². The highest BCUT2D eigenvalue weighted by molar-refractivity contribution is 7.92. The van der Waals surface area contributed by atoms with Gasteiger partial charge in [-0.25, -0.2) is 8.42 Å². The molecule has 1 saturated carbocycles. The monoisotopic (exact) mass is 733 g/mol. The van der Waals surface area contributed by atoms with E-state index in [4.69, 9.17) is 25.8 Å². The number of nitrogens with one attached hydrogen (secondary N) is 1. The minimum Gasteiger partial charge on any atom is -0.495 e. The molecule has 10 nitrogen and oxygen atoms in total. The first kappa shape index (κ1) is 37.5. The predicted molar refractivity (Wildman–Crippen MR) is 198 cm³/mol. The summed E-state index contributed by atoms with van der Waals surface area (Å²) in [6, 6.07) is 24.9. The molecule has 5 rings (SSSR count). The molecule has 0 radical (unpaired) electrons. The smallest absolute Gasteiger partial charge is 0.265 e. The van der Waals surface area contributed by atoms with E-state index in [9.17, 15) is 18.0 Å². The number of aryl methyl sites for hydroxylation is 1.